The van der Waals surface area contributed by atoms with E-state index in [2.05, 4.69) is 25.9 Å². The number of Topliss-reactive ketones (excluding diaryl/α,β-unsaturated/α-hetero) is 1. The number of hydrogen-bond acceptors (Lipinski definition) is 6. The normalized spacial score (nSPS) is 10.3. The van der Waals surface area contributed by atoms with E-state index in [1.54, 1.807) is 24.3 Å². The monoisotopic (exact) mass is 634 g/mol. The third kappa shape index (κ3) is 7.95. The zero-order valence-corrected chi connectivity index (χ0v) is 23.3. The maximum absolute atomic E-state index is 10.9. The topological polar surface area (TPSA) is 73.3 Å². The fourth-order valence-corrected chi connectivity index (χ4v) is 5.20. The summed E-state index contributed by atoms with van der Waals surface area (Å²) in [6.07, 6.45) is 5.29. The van der Waals surface area contributed by atoms with Gasteiger partial charge in [-0.2, -0.15) is 0 Å². The average Bonchev–Trinajstić information content (AvgIpc) is 3.55. The van der Waals surface area contributed by atoms with Crippen molar-refractivity contribution in [1.82, 2.24) is 14.4 Å². The summed E-state index contributed by atoms with van der Waals surface area (Å²) < 4.78 is 3.33. The molecule has 0 saturated heterocycles. The van der Waals surface area contributed by atoms with Crippen molar-refractivity contribution in [3.05, 3.63) is 90.7 Å². The Morgan fingerprint density at radius 1 is 0.912 bits per heavy atom. The summed E-state index contributed by atoms with van der Waals surface area (Å²) in [5.74, 6) is 0.575. The molecule has 0 radical (unpaired) electrons. The Kier molecular flexibility index (Phi) is 10.2. The number of anilines is 1. The van der Waals surface area contributed by atoms with Crippen molar-refractivity contribution in [2.75, 3.05) is 11.1 Å². The quantitative estimate of drug-likeness (QED) is 0.159. The molecule has 5 heterocycles. The molecular weight excluding hydrogens is 622 g/mol. The van der Waals surface area contributed by atoms with Crippen molar-refractivity contribution in [3.63, 3.8) is 0 Å². The maximum Gasteiger partial charge on any atom is 0.183 e. The van der Waals surface area contributed by atoms with Gasteiger partial charge in [0.25, 0.3) is 0 Å². The van der Waals surface area contributed by atoms with E-state index < -0.39 is 0 Å². The molecule has 0 aromatic carbocycles. The zero-order chi connectivity index (χ0) is 24.7. The van der Waals surface area contributed by atoms with E-state index in [4.69, 9.17) is 52.1 Å². The van der Waals surface area contributed by atoms with Crippen molar-refractivity contribution >= 4 is 102 Å². The molecule has 5 rings (SSSR count). The molecule has 0 fully saturated rings. The van der Waals surface area contributed by atoms with Crippen LogP contribution in [0.3, 0.4) is 0 Å². The number of imidazole rings is 1. The number of alkyl halides is 1. The lowest BCUT2D eigenvalue weighted by molar-refractivity contribution is 0.102. The molecule has 5 aromatic heterocycles. The first-order valence-corrected chi connectivity index (χ1v) is 13.6. The van der Waals surface area contributed by atoms with Crippen molar-refractivity contribution in [2.24, 2.45) is 0 Å². The second-order valence-corrected chi connectivity index (χ2v) is 11.3. The average molecular weight is 637 g/mol. The molecule has 34 heavy (non-hydrogen) atoms. The van der Waals surface area contributed by atoms with Crippen LogP contribution < -0.4 is 5.73 Å². The minimum Gasteiger partial charge on any atom is -0.384 e. The first kappa shape index (κ1) is 26.9. The maximum atomic E-state index is 10.9. The summed E-state index contributed by atoms with van der Waals surface area (Å²) >= 11 is 28.8. The van der Waals surface area contributed by atoms with Gasteiger partial charge in [-0.15, -0.1) is 22.7 Å². The number of nitrogens with two attached hydrogens (primary N) is 1. The molecule has 0 aliphatic carbocycles. The van der Waals surface area contributed by atoms with Crippen LogP contribution >= 0.6 is 85.0 Å². The number of aromatic nitrogens is 3. The van der Waals surface area contributed by atoms with Crippen LogP contribution in [0.15, 0.2) is 67.1 Å². The third-order valence-corrected chi connectivity index (χ3v) is 7.44. The number of ketones is 1. The van der Waals surface area contributed by atoms with Gasteiger partial charge in [-0.3, -0.25) is 4.79 Å². The number of hydrogen-bond donors (Lipinski definition) is 1. The van der Waals surface area contributed by atoms with Crippen LogP contribution in [-0.4, -0.2) is 25.5 Å². The molecule has 5 nitrogen and oxygen atoms in total. The standard InChI is InChI=1S/C11H6Cl2N2S.C6H4BrClOS.C5H5ClN2/c12-7-1-4-11-14-8(6-15(11)5-7)9-2-3-10(13)16-9;7-3-4(9)5-1-2-6(8)10-5;6-4-1-2-5(7)8-3-4/h1-6H;1-2H,3H2;1-3H,(H2,7,8). The molecule has 2 N–H and O–H groups in total. The lowest BCUT2D eigenvalue weighted by Crippen LogP contribution is -1.94. The van der Waals surface area contributed by atoms with Crippen LogP contribution in [0, 0.1) is 0 Å². The third-order valence-electron chi connectivity index (χ3n) is 3.96. The van der Waals surface area contributed by atoms with E-state index in [1.807, 2.05) is 41.1 Å². The summed E-state index contributed by atoms with van der Waals surface area (Å²) in [6.45, 7) is 0. The molecule has 5 aromatic rings. The van der Waals surface area contributed by atoms with Gasteiger partial charge in [0.05, 0.1) is 39.5 Å². The number of nitrogens with zero attached hydrogens (tertiary/aromatic N) is 3. The number of rotatable bonds is 3. The van der Waals surface area contributed by atoms with Crippen molar-refractivity contribution < 1.29 is 4.79 Å². The SMILES string of the molecule is Clc1ccc2nc(-c3ccc(Cl)s3)cn2c1.Nc1ccc(Cl)cn1.O=C(CBr)c1ccc(Cl)s1. The van der Waals surface area contributed by atoms with Gasteiger partial charge >= 0.3 is 0 Å². The van der Waals surface area contributed by atoms with E-state index >= 15 is 0 Å². The van der Waals surface area contributed by atoms with Crippen LogP contribution in [-0.2, 0) is 0 Å². The Bertz CT molecular complexity index is 1360. The van der Waals surface area contributed by atoms with E-state index in [1.165, 1.54) is 28.9 Å². The smallest absolute Gasteiger partial charge is 0.183 e. The second-order valence-electron chi connectivity index (χ2n) is 6.40. The number of thiophene rings is 2. The predicted molar refractivity (Wildman–Crippen MR) is 150 cm³/mol. The molecule has 176 valence electrons. The van der Waals surface area contributed by atoms with Gasteiger partial charge in [-0.1, -0.05) is 62.3 Å². The van der Waals surface area contributed by atoms with Crippen LogP contribution in [0.5, 0.6) is 0 Å². The first-order valence-electron chi connectivity index (χ1n) is 9.36. The minimum atomic E-state index is 0.0805. The lowest BCUT2D eigenvalue weighted by atomic mass is 10.4. The number of carbonyl (C=O) groups is 1. The van der Waals surface area contributed by atoms with Gasteiger partial charge in [0.15, 0.2) is 5.78 Å². The van der Waals surface area contributed by atoms with Crippen molar-refractivity contribution in [2.45, 2.75) is 0 Å². The highest BCUT2D eigenvalue weighted by molar-refractivity contribution is 9.09. The summed E-state index contributed by atoms with van der Waals surface area (Å²) in [5, 5.41) is 1.67. The van der Waals surface area contributed by atoms with Gasteiger partial charge in [-0.05, 0) is 48.5 Å². The lowest BCUT2D eigenvalue weighted by Gasteiger charge is -1.91. The number of carbonyl (C=O) groups excluding carboxylic acids is 1. The highest BCUT2D eigenvalue weighted by Crippen LogP contribution is 2.30. The minimum absolute atomic E-state index is 0.0805. The van der Waals surface area contributed by atoms with E-state index in [9.17, 15) is 4.79 Å². The van der Waals surface area contributed by atoms with Gasteiger partial charge < -0.3 is 10.1 Å². The number of halogens is 5. The Hall–Kier alpha value is -1.65. The van der Waals surface area contributed by atoms with Gasteiger partial charge in [0.1, 0.15) is 11.5 Å². The molecular formula is C22H15BrCl4N4OS2. The summed E-state index contributed by atoms with van der Waals surface area (Å²) in [4.78, 5) is 20.9. The molecule has 0 bridgehead atoms. The molecule has 0 aliphatic heterocycles. The highest BCUT2D eigenvalue weighted by Gasteiger charge is 2.07. The van der Waals surface area contributed by atoms with Crippen LogP contribution in [0.1, 0.15) is 9.67 Å². The largest absolute Gasteiger partial charge is 0.384 e. The highest BCUT2D eigenvalue weighted by atomic mass is 79.9. The van der Waals surface area contributed by atoms with Gasteiger partial charge in [0.2, 0.25) is 0 Å². The first-order chi connectivity index (χ1) is 16.2. The van der Waals surface area contributed by atoms with Crippen LogP contribution in [0.4, 0.5) is 5.82 Å². The van der Waals surface area contributed by atoms with E-state index in [-0.39, 0.29) is 5.78 Å². The predicted octanol–water partition coefficient (Wildman–Crippen LogP) is 8.67. The molecule has 0 saturated carbocycles. The fourth-order valence-electron chi connectivity index (χ4n) is 2.45. The van der Waals surface area contributed by atoms with Gasteiger partial charge in [0, 0.05) is 18.6 Å². The molecule has 0 amide bonds. The Balaban J connectivity index is 0.000000155. The second kappa shape index (κ2) is 12.9. The Labute approximate surface area is 232 Å². The fraction of sp³-hybridized carbons (Fsp3) is 0.0455. The summed E-state index contributed by atoms with van der Waals surface area (Å²) in [7, 11) is 0. The molecule has 0 atom stereocenters. The van der Waals surface area contributed by atoms with Gasteiger partial charge in [-0.25, -0.2) is 9.97 Å². The zero-order valence-electron chi connectivity index (χ0n) is 17.1. The molecule has 0 aliphatic rings. The van der Waals surface area contributed by atoms with Crippen LogP contribution in [0.2, 0.25) is 18.7 Å². The Morgan fingerprint density at radius 3 is 2.18 bits per heavy atom. The molecule has 12 heteroatoms. The Morgan fingerprint density at radius 2 is 1.62 bits per heavy atom. The van der Waals surface area contributed by atoms with E-state index in [0.717, 1.165) is 20.6 Å². The summed E-state index contributed by atoms with van der Waals surface area (Å²) in [6, 6.07) is 14.4. The van der Waals surface area contributed by atoms with Crippen molar-refractivity contribution in [1.29, 1.82) is 0 Å². The molecule has 0 unspecified atom stereocenters. The summed E-state index contributed by atoms with van der Waals surface area (Å²) in [5.41, 5.74) is 7.05. The number of pyridine rings is 2. The van der Waals surface area contributed by atoms with Crippen LogP contribution in [0.25, 0.3) is 16.2 Å². The van der Waals surface area contributed by atoms with E-state index in [0.29, 0.717) is 30.4 Å². The number of nitrogen functional groups attached to an aromatic ring is 1. The molecule has 0 spiro atoms. The van der Waals surface area contributed by atoms with Crippen molar-refractivity contribution in [3.8, 4) is 10.6 Å². The number of fused-ring (bicyclic) bond motifs is 1.